The van der Waals surface area contributed by atoms with Gasteiger partial charge in [0.2, 0.25) is 0 Å². The second kappa shape index (κ2) is 4.44. The van der Waals surface area contributed by atoms with E-state index in [4.69, 9.17) is 0 Å². The molecule has 1 aromatic carbocycles. The third-order valence-electron chi connectivity index (χ3n) is 2.44. The number of likely N-dealkylation sites (N-methyl/N-ethyl adjacent to an activating group) is 1. The van der Waals surface area contributed by atoms with Gasteiger partial charge < -0.3 is 15.5 Å². The molecule has 0 aliphatic rings. The average molecular weight is 195 g/mol. The molecule has 3 heteroatoms. The minimum absolute atomic E-state index is 0.246. The molecule has 0 aromatic heterocycles. The minimum Gasteiger partial charge on any atom is -0.508 e. The highest BCUT2D eigenvalue weighted by Gasteiger charge is 2.09. The van der Waals surface area contributed by atoms with Gasteiger partial charge in [0.1, 0.15) is 5.75 Å². The minimum atomic E-state index is -0.565. The fourth-order valence-electron chi connectivity index (χ4n) is 1.37. The highest BCUT2D eigenvalue weighted by atomic mass is 16.3. The molecule has 0 saturated carbocycles. The summed E-state index contributed by atoms with van der Waals surface area (Å²) >= 11 is 0. The number of phenols is 1. The number of hydrogen-bond acceptors (Lipinski definition) is 3. The van der Waals surface area contributed by atoms with E-state index < -0.39 is 6.10 Å². The summed E-state index contributed by atoms with van der Waals surface area (Å²) in [6.07, 6.45) is -0.565. The molecule has 3 nitrogen and oxygen atoms in total. The van der Waals surface area contributed by atoms with Gasteiger partial charge in [0.15, 0.2) is 0 Å². The van der Waals surface area contributed by atoms with E-state index in [-0.39, 0.29) is 5.75 Å². The zero-order chi connectivity index (χ0) is 10.7. The van der Waals surface area contributed by atoms with Crippen LogP contribution in [0.1, 0.15) is 22.8 Å². The molecular formula is C11H17NO2. The molecule has 0 amide bonds. The van der Waals surface area contributed by atoms with E-state index in [9.17, 15) is 10.2 Å². The first-order chi connectivity index (χ1) is 6.56. The maximum Gasteiger partial charge on any atom is 0.119 e. The summed E-state index contributed by atoms with van der Waals surface area (Å²) in [5, 5.41) is 22.1. The predicted octanol–water partition coefficient (Wildman–Crippen LogP) is 1.26. The first-order valence-corrected chi connectivity index (χ1v) is 4.69. The van der Waals surface area contributed by atoms with Crippen molar-refractivity contribution in [2.45, 2.75) is 20.0 Å². The Bertz CT molecular complexity index is 300. The Labute approximate surface area is 84.4 Å². The van der Waals surface area contributed by atoms with E-state index in [2.05, 4.69) is 5.32 Å². The van der Waals surface area contributed by atoms with E-state index in [1.807, 2.05) is 19.9 Å². The number of nitrogens with one attached hydrogen (secondary N) is 1. The highest BCUT2D eigenvalue weighted by molar-refractivity contribution is 5.42. The number of hydrogen-bond donors (Lipinski definition) is 3. The van der Waals surface area contributed by atoms with Crippen LogP contribution in [0.5, 0.6) is 5.75 Å². The van der Waals surface area contributed by atoms with E-state index in [1.54, 1.807) is 13.1 Å². The molecule has 3 N–H and O–H groups in total. The number of aromatic hydroxyl groups is 1. The quantitative estimate of drug-likeness (QED) is 0.680. The molecule has 0 aliphatic carbocycles. The Morgan fingerprint density at radius 2 is 2.00 bits per heavy atom. The summed E-state index contributed by atoms with van der Waals surface area (Å²) in [4.78, 5) is 0. The van der Waals surface area contributed by atoms with Crippen LogP contribution in [0, 0.1) is 13.8 Å². The Balaban J connectivity index is 3.00. The van der Waals surface area contributed by atoms with Crippen molar-refractivity contribution in [2.75, 3.05) is 13.6 Å². The van der Waals surface area contributed by atoms with Crippen LogP contribution < -0.4 is 5.32 Å². The number of aliphatic hydroxyl groups is 1. The number of aliphatic hydroxyl groups excluding tert-OH is 1. The van der Waals surface area contributed by atoms with Crippen LogP contribution >= 0.6 is 0 Å². The van der Waals surface area contributed by atoms with Crippen LogP contribution in [0.25, 0.3) is 0 Å². The molecule has 0 heterocycles. The molecule has 0 aliphatic heterocycles. The van der Waals surface area contributed by atoms with Gasteiger partial charge in [0.05, 0.1) is 6.10 Å². The van der Waals surface area contributed by atoms with Crippen molar-refractivity contribution in [3.05, 3.63) is 28.8 Å². The van der Waals surface area contributed by atoms with Crippen LogP contribution in [0.3, 0.4) is 0 Å². The van der Waals surface area contributed by atoms with Crippen molar-refractivity contribution in [1.29, 1.82) is 0 Å². The Hall–Kier alpha value is -1.06. The lowest BCUT2D eigenvalue weighted by Gasteiger charge is -2.13. The number of aryl methyl sites for hydroxylation is 1. The zero-order valence-electron chi connectivity index (χ0n) is 8.83. The SMILES string of the molecule is CNCC(O)c1cc(C)c(C)c(O)c1. The summed E-state index contributed by atoms with van der Waals surface area (Å²) in [6, 6.07) is 3.52. The normalized spacial score (nSPS) is 12.9. The first-order valence-electron chi connectivity index (χ1n) is 4.69. The van der Waals surface area contributed by atoms with Crippen LogP contribution in [-0.2, 0) is 0 Å². The van der Waals surface area contributed by atoms with Crippen molar-refractivity contribution in [2.24, 2.45) is 0 Å². The fourth-order valence-corrected chi connectivity index (χ4v) is 1.37. The molecule has 0 spiro atoms. The molecule has 0 radical (unpaired) electrons. The summed E-state index contributed by atoms with van der Waals surface area (Å²) in [5.41, 5.74) is 2.61. The maximum atomic E-state index is 9.69. The first kappa shape index (κ1) is 11.0. The lowest BCUT2D eigenvalue weighted by Crippen LogP contribution is -2.16. The Morgan fingerprint density at radius 1 is 1.36 bits per heavy atom. The molecular weight excluding hydrogens is 178 g/mol. The molecule has 1 rings (SSSR count). The molecule has 1 atom stereocenters. The summed E-state index contributed by atoms with van der Waals surface area (Å²) < 4.78 is 0. The van der Waals surface area contributed by atoms with Gasteiger partial charge in [-0.3, -0.25) is 0 Å². The fraction of sp³-hybridized carbons (Fsp3) is 0.455. The van der Waals surface area contributed by atoms with Crippen molar-refractivity contribution >= 4 is 0 Å². The Morgan fingerprint density at radius 3 is 2.50 bits per heavy atom. The van der Waals surface area contributed by atoms with Gasteiger partial charge in [0.25, 0.3) is 0 Å². The van der Waals surface area contributed by atoms with Crippen molar-refractivity contribution in [3.8, 4) is 5.75 Å². The standard InChI is InChI=1S/C11H17NO2/c1-7-4-9(11(14)6-12-3)5-10(13)8(7)2/h4-5,11-14H,6H2,1-3H3. The summed E-state index contributed by atoms with van der Waals surface area (Å²) in [6.45, 7) is 4.27. The van der Waals surface area contributed by atoms with Crippen LogP contribution in [0.4, 0.5) is 0 Å². The number of benzene rings is 1. The van der Waals surface area contributed by atoms with Crippen molar-refractivity contribution < 1.29 is 10.2 Å². The van der Waals surface area contributed by atoms with Gasteiger partial charge in [-0.25, -0.2) is 0 Å². The highest BCUT2D eigenvalue weighted by Crippen LogP contribution is 2.25. The Kier molecular flexibility index (Phi) is 3.49. The van der Waals surface area contributed by atoms with Crippen LogP contribution in [0.15, 0.2) is 12.1 Å². The summed E-state index contributed by atoms with van der Waals surface area (Å²) in [5.74, 6) is 0.246. The zero-order valence-corrected chi connectivity index (χ0v) is 8.83. The average Bonchev–Trinajstić information content (AvgIpc) is 2.13. The van der Waals surface area contributed by atoms with Crippen LogP contribution in [-0.4, -0.2) is 23.8 Å². The molecule has 1 aromatic rings. The van der Waals surface area contributed by atoms with Crippen molar-refractivity contribution in [1.82, 2.24) is 5.32 Å². The lowest BCUT2D eigenvalue weighted by molar-refractivity contribution is 0.177. The number of rotatable bonds is 3. The van der Waals surface area contributed by atoms with E-state index in [0.717, 1.165) is 16.7 Å². The molecule has 1 unspecified atom stereocenters. The monoisotopic (exact) mass is 195 g/mol. The molecule has 0 bridgehead atoms. The van der Waals surface area contributed by atoms with E-state index in [0.29, 0.717) is 6.54 Å². The van der Waals surface area contributed by atoms with Gasteiger partial charge in [-0.05, 0) is 43.7 Å². The van der Waals surface area contributed by atoms with E-state index >= 15 is 0 Å². The molecule has 14 heavy (non-hydrogen) atoms. The molecule has 0 fully saturated rings. The van der Waals surface area contributed by atoms with E-state index in [1.165, 1.54) is 0 Å². The smallest absolute Gasteiger partial charge is 0.119 e. The van der Waals surface area contributed by atoms with Gasteiger partial charge in [0, 0.05) is 6.54 Å². The second-order valence-electron chi connectivity index (χ2n) is 3.56. The predicted molar refractivity (Wildman–Crippen MR) is 56.5 cm³/mol. The summed E-state index contributed by atoms with van der Waals surface area (Å²) in [7, 11) is 1.78. The maximum absolute atomic E-state index is 9.69. The van der Waals surface area contributed by atoms with Gasteiger partial charge >= 0.3 is 0 Å². The van der Waals surface area contributed by atoms with Crippen molar-refractivity contribution in [3.63, 3.8) is 0 Å². The van der Waals surface area contributed by atoms with Gasteiger partial charge in [-0.1, -0.05) is 6.07 Å². The second-order valence-corrected chi connectivity index (χ2v) is 3.56. The topological polar surface area (TPSA) is 52.5 Å². The molecule has 0 saturated heterocycles. The third kappa shape index (κ3) is 2.25. The molecule has 78 valence electrons. The lowest BCUT2D eigenvalue weighted by atomic mass is 10.0. The largest absolute Gasteiger partial charge is 0.508 e. The van der Waals surface area contributed by atoms with Crippen LogP contribution in [0.2, 0.25) is 0 Å². The van der Waals surface area contributed by atoms with Gasteiger partial charge in [-0.2, -0.15) is 0 Å². The third-order valence-corrected chi connectivity index (χ3v) is 2.44. The van der Waals surface area contributed by atoms with Gasteiger partial charge in [-0.15, -0.1) is 0 Å². The number of phenolic OH excluding ortho intramolecular Hbond substituents is 1.